The number of aromatic hydroxyl groups is 1. The maximum Gasteiger partial charge on any atom is 0.311 e. The number of alkyl halides is 2. The normalized spacial score (nSPS) is 12.8. The van der Waals surface area contributed by atoms with E-state index in [1.54, 1.807) is 0 Å². The first-order valence-electron chi connectivity index (χ1n) is 3.94. The third kappa shape index (κ3) is 2.38. The van der Waals surface area contributed by atoms with E-state index in [1.807, 2.05) is 0 Å². The van der Waals surface area contributed by atoms with Crippen LogP contribution in [-0.2, 0) is 0 Å². The molecule has 0 aliphatic heterocycles. The highest BCUT2D eigenvalue weighted by molar-refractivity contribution is 5.48. The number of hydrogen-bond donors (Lipinski definition) is 2. The third-order valence-corrected chi connectivity index (χ3v) is 1.85. The van der Waals surface area contributed by atoms with Crippen LogP contribution in [0.4, 0.5) is 14.5 Å². The van der Waals surface area contributed by atoms with Crippen LogP contribution in [-0.4, -0.2) is 16.5 Å². The van der Waals surface area contributed by atoms with E-state index in [4.69, 9.17) is 10.8 Å². The van der Waals surface area contributed by atoms with Gasteiger partial charge >= 0.3 is 5.69 Å². The minimum absolute atomic E-state index is 0.0884. The Kier molecular flexibility index (Phi) is 3.15. The fourth-order valence-electron chi connectivity index (χ4n) is 1.04. The molecule has 1 aromatic carbocycles. The third-order valence-electron chi connectivity index (χ3n) is 1.85. The largest absolute Gasteiger partial charge is 0.502 e. The van der Waals surface area contributed by atoms with E-state index in [0.29, 0.717) is 0 Å². The molecule has 0 aromatic heterocycles. The highest BCUT2D eigenvalue weighted by Gasteiger charge is 2.21. The zero-order valence-corrected chi connectivity index (χ0v) is 7.43. The molecule has 1 atom stereocenters. The van der Waals surface area contributed by atoms with Crippen LogP contribution < -0.4 is 5.73 Å². The fraction of sp³-hybridized carbons (Fsp3) is 0.250. The smallest absolute Gasteiger partial charge is 0.311 e. The number of halogens is 2. The van der Waals surface area contributed by atoms with Gasteiger partial charge in [0.1, 0.15) is 0 Å². The van der Waals surface area contributed by atoms with Crippen LogP contribution in [0.2, 0.25) is 0 Å². The summed E-state index contributed by atoms with van der Waals surface area (Å²) in [6.07, 6.45) is -2.81. The van der Waals surface area contributed by atoms with Crippen LogP contribution in [0, 0.1) is 10.1 Å². The second-order valence-corrected chi connectivity index (χ2v) is 2.87. The molecule has 0 saturated heterocycles. The Morgan fingerprint density at radius 2 is 2.07 bits per heavy atom. The first-order chi connectivity index (χ1) is 6.93. The van der Waals surface area contributed by atoms with Gasteiger partial charge in [-0.1, -0.05) is 6.07 Å². The van der Waals surface area contributed by atoms with Crippen LogP contribution in [0.1, 0.15) is 11.6 Å². The maximum atomic E-state index is 12.2. The van der Waals surface area contributed by atoms with Gasteiger partial charge in [0.2, 0.25) is 0 Å². The Balaban J connectivity index is 3.13. The molecule has 0 radical (unpaired) electrons. The van der Waals surface area contributed by atoms with Gasteiger partial charge < -0.3 is 10.8 Å². The SMILES string of the molecule is NC(c1ccc(O)c([N+](=O)[O-])c1)C(F)F. The monoisotopic (exact) mass is 218 g/mol. The summed E-state index contributed by atoms with van der Waals surface area (Å²) in [5.41, 5.74) is 4.38. The van der Waals surface area contributed by atoms with Crippen molar-refractivity contribution >= 4 is 5.69 Å². The Bertz CT molecular complexity index is 384. The summed E-state index contributed by atoms with van der Waals surface area (Å²) >= 11 is 0. The molecule has 5 nitrogen and oxygen atoms in total. The molecule has 0 spiro atoms. The van der Waals surface area contributed by atoms with Crippen molar-refractivity contribution in [2.75, 3.05) is 0 Å². The molecular weight excluding hydrogens is 210 g/mol. The van der Waals surface area contributed by atoms with Crippen molar-refractivity contribution in [3.63, 3.8) is 0 Å². The van der Waals surface area contributed by atoms with Gasteiger partial charge in [0.15, 0.2) is 5.75 Å². The minimum Gasteiger partial charge on any atom is -0.502 e. The Hall–Kier alpha value is -1.76. The quantitative estimate of drug-likeness (QED) is 0.595. The summed E-state index contributed by atoms with van der Waals surface area (Å²) in [6, 6.07) is 1.34. The lowest BCUT2D eigenvalue weighted by molar-refractivity contribution is -0.385. The van der Waals surface area contributed by atoms with E-state index < -0.39 is 28.8 Å². The highest BCUT2D eigenvalue weighted by atomic mass is 19.3. The van der Waals surface area contributed by atoms with E-state index >= 15 is 0 Å². The molecule has 0 saturated carbocycles. The zero-order valence-electron chi connectivity index (χ0n) is 7.43. The molecule has 0 fully saturated rings. The Labute approximate surface area is 83.3 Å². The van der Waals surface area contributed by atoms with Crippen molar-refractivity contribution in [2.45, 2.75) is 12.5 Å². The Morgan fingerprint density at radius 1 is 1.47 bits per heavy atom. The number of phenolic OH excluding ortho intramolecular Hbond substituents is 1. The van der Waals surface area contributed by atoms with Gasteiger partial charge in [-0.25, -0.2) is 8.78 Å². The summed E-state index contributed by atoms with van der Waals surface area (Å²) in [5, 5.41) is 19.4. The number of nitro groups is 1. The molecule has 7 heteroatoms. The molecule has 82 valence electrons. The number of rotatable bonds is 3. The summed E-state index contributed by atoms with van der Waals surface area (Å²) in [5.74, 6) is -0.579. The van der Waals surface area contributed by atoms with Gasteiger partial charge in [-0.2, -0.15) is 0 Å². The lowest BCUT2D eigenvalue weighted by atomic mass is 10.1. The number of nitro benzene ring substituents is 1. The topological polar surface area (TPSA) is 89.4 Å². The van der Waals surface area contributed by atoms with E-state index in [9.17, 15) is 18.9 Å². The van der Waals surface area contributed by atoms with Gasteiger partial charge in [0, 0.05) is 6.07 Å². The summed E-state index contributed by atoms with van der Waals surface area (Å²) in [7, 11) is 0. The molecule has 1 rings (SSSR count). The van der Waals surface area contributed by atoms with Crippen LogP contribution in [0.3, 0.4) is 0 Å². The molecule has 15 heavy (non-hydrogen) atoms. The summed E-state index contributed by atoms with van der Waals surface area (Å²) in [6.45, 7) is 0. The van der Waals surface area contributed by atoms with Gasteiger partial charge in [-0.3, -0.25) is 10.1 Å². The predicted octanol–water partition coefficient (Wildman–Crippen LogP) is 1.57. The maximum absolute atomic E-state index is 12.2. The molecule has 0 aliphatic rings. The predicted molar refractivity (Wildman–Crippen MR) is 47.7 cm³/mol. The zero-order chi connectivity index (χ0) is 11.6. The second kappa shape index (κ2) is 4.18. The van der Waals surface area contributed by atoms with Crippen LogP contribution in [0.15, 0.2) is 18.2 Å². The molecule has 0 aliphatic carbocycles. The molecular formula is C8H8F2N2O3. The lowest BCUT2D eigenvalue weighted by Crippen LogP contribution is -2.18. The van der Waals surface area contributed by atoms with Gasteiger partial charge in [-0.15, -0.1) is 0 Å². The highest BCUT2D eigenvalue weighted by Crippen LogP contribution is 2.29. The number of hydrogen-bond acceptors (Lipinski definition) is 4. The lowest BCUT2D eigenvalue weighted by Gasteiger charge is -2.10. The number of benzene rings is 1. The van der Waals surface area contributed by atoms with Gasteiger partial charge in [0.05, 0.1) is 11.0 Å². The molecule has 1 aromatic rings. The first kappa shape index (κ1) is 11.3. The van der Waals surface area contributed by atoms with E-state index in [2.05, 4.69) is 0 Å². The van der Waals surface area contributed by atoms with E-state index in [-0.39, 0.29) is 5.56 Å². The van der Waals surface area contributed by atoms with Gasteiger partial charge in [0.25, 0.3) is 6.43 Å². The molecule has 1 unspecified atom stereocenters. The number of nitrogens with two attached hydrogens (primary N) is 1. The van der Waals surface area contributed by atoms with Crippen LogP contribution in [0.5, 0.6) is 5.75 Å². The number of phenols is 1. The van der Waals surface area contributed by atoms with Gasteiger partial charge in [-0.05, 0) is 11.6 Å². The molecule has 0 bridgehead atoms. The average Bonchev–Trinajstić information content (AvgIpc) is 2.16. The Morgan fingerprint density at radius 3 is 2.53 bits per heavy atom. The average molecular weight is 218 g/mol. The van der Waals surface area contributed by atoms with Crippen molar-refractivity contribution in [1.82, 2.24) is 0 Å². The van der Waals surface area contributed by atoms with Crippen molar-refractivity contribution in [3.8, 4) is 5.75 Å². The number of nitrogens with zero attached hydrogens (tertiary/aromatic N) is 1. The van der Waals surface area contributed by atoms with Crippen LogP contribution >= 0.6 is 0 Å². The molecule has 0 heterocycles. The summed E-state index contributed by atoms with van der Waals surface area (Å²) in [4.78, 5) is 9.52. The second-order valence-electron chi connectivity index (χ2n) is 2.87. The minimum atomic E-state index is -2.81. The van der Waals surface area contributed by atoms with E-state index in [0.717, 1.165) is 18.2 Å². The summed E-state index contributed by atoms with van der Waals surface area (Å²) < 4.78 is 24.4. The fourth-order valence-corrected chi connectivity index (χ4v) is 1.04. The van der Waals surface area contributed by atoms with Crippen LogP contribution in [0.25, 0.3) is 0 Å². The van der Waals surface area contributed by atoms with E-state index in [1.165, 1.54) is 0 Å². The van der Waals surface area contributed by atoms with Crippen molar-refractivity contribution in [2.24, 2.45) is 5.73 Å². The standard InChI is InChI=1S/C8H8F2N2O3/c9-8(10)7(11)4-1-2-6(13)5(3-4)12(14)15/h1-3,7-8,13H,11H2. The molecule has 0 amide bonds. The van der Waals surface area contributed by atoms with Crippen molar-refractivity contribution in [1.29, 1.82) is 0 Å². The van der Waals surface area contributed by atoms with Crippen molar-refractivity contribution in [3.05, 3.63) is 33.9 Å². The molecule has 3 N–H and O–H groups in total. The van der Waals surface area contributed by atoms with Crippen molar-refractivity contribution < 1.29 is 18.8 Å². The first-order valence-corrected chi connectivity index (χ1v) is 3.94.